The second kappa shape index (κ2) is 12.0. The van der Waals surface area contributed by atoms with Gasteiger partial charge in [0, 0.05) is 42.2 Å². The number of aromatic nitrogens is 4. The van der Waals surface area contributed by atoms with Crippen molar-refractivity contribution in [3.8, 4) is 6.07 Å². The Balaban J connectivity index is 0.00000353. The minimum absolute atomic E-state index is 0. The first kappa shape index (κ1) is 29.0. The van der Waals surface area contributed by atoms with E-state index in [9.17, 15) is 14.4 Å². The number of halogens is 3. The van der Waals surface area contributed by atoms with Crippen LogP contribution in [0.25, 0.3) is 11.2 Å². The predicted molar refractivity (Wildman–Crippen MR) is 149 cm³/mol. The zero-order valence-corrected chi connectivity index (χ0v) is 23.5. The van der Waals surface area contributed by atoms with Crippen molar-refractivity contribution >= 4 is 47.0 Å². The third kappa shape index (κ3) is 5.81. The second-order valence-electron chi connectivity index (χ2n) is 10.4. The number of hydrogen-bond donors (Lipinski definition) is 1. The van der Waals surface area contributed by atoms with Crippen LogP contribution in [-0.4, -0.2) is 67.4 Å². The summed E-state index contributed by atoms with van der Waals surface area (Å²) in [5.41, 5.74) is 1.37. The number of likely N-dealkylation sites (tertiary alicyclic amines) is 1. The Morgan fingerprint density at radius 3 is 2.82 bits per heavy atom. The molecule has 2 fully saturated rings. The molecule has 2 saturated heterocycles. The predicted octanol–water partition coefficient (Wildman–Crippen LogP) is 5.07. The third-order valence-electron chi connectivity index (χ3n) is 8.00. The second-order valence-corrected chi connectivity index (χ2v) is 10.8. The number of carboxylic acid groups (broad SMARTS) is 1. The highest BCUT2D eigenvalue weighted by Gasteiger charge is 2.37. The molecule has 0 saturated carbocycles. The molecule has 0 bridgehead atoms. The monoisotopic (exact) mass is 575 g/mol. The highest BCUT2D eigenvalue weighted by molar-refractivity contribution is 6.30. The van der Waals surface area contributed by atoms with Gasteiger partial charge in [-0.3, -0.25) is 9.69 Å². The van der Waals surface area contributed by atoms with Crippen molar-refractivity contribution in [3.63, 3.8) is 0 Å². The molecule has 1 unspecified atom stereocenters. The van der Waals surface area contributed by atoms with Gasteiger partial charge in [-0.15, -0.1) is 12.4 Å². The molecule has 2 aliphatic heterocycles. The van der Waals surface area contributed by atoms with Gasteiger partial charge >= 0.3 is 5.97 Å². The number of rotatable bonds is 7. The van der Waals surface area contributed by atoms with Crippen LogP contribution in [0.5, 0.6) is 0 Å². The standard InChI is InChI=1S/C27H31ClFN7O2.ClH/c1-16-15-34(11-9-23(16)35-10-3-4-19(35)6-8-25(37)38)24-14-31-26-22(13-30)33-36(27(26)32-24)17(2)20-7-5-18(28)12-21(20)29;/h5,7,12,14,16-17,19,23H,3-4,6,8-11,15H2,1-2H3,(H,37,38);1H/t16-,17?,19+,23+;/m1./s1. The summed E-state index contributed by atoms with van der Waals surface area (Å²) in [6, 6.07) is 6.79. The van der Waals surface area contributed by atoms with E-state index in [1.54, 1.807) is 29.9 Å². The van der Waals surface area contributed by atoms with Crippen LogP contribution in [0.15, 0.2) is 24.4 Å². The molecule has 0 spiro atoms. The Bertz CT molecular complexity index is 1390. The number of fused-ring (bicyclic) bond motifs is 1. The van der Waals surface area contributed by atoms with Crippen LogP contribution in [0.3, 0.4) is 0 Å². The third-order valence-corrected chi connectivity index (χ3v) is 8.23. The number of piperidine rings is 1. The van der Waals surface area contributed by atoms with Crippen molar-refractivity contribution in [2.75, 3.05) is 24.5 Å². The minimum Gasteiger partial charge on any atom is -0.481 e. The zero-order chi connectivity index (χ0) is 27.0. The van der Waals surface area contributed by atoms with Crippen LogP contribution in [-0.2, 0) is 4.79 Å². The Hall–Kier alpha value is -3.00. The van der Waals surface area contributed by atoms with E-state index in [4.69, 9.17) is 21.7 Å². The van der Waals surface area contributed by atoms with Crippen LogP contribution >= 0.6 is 24.0 Å². The average molecular weight is 577 g/mol. The summed E-state index contributed by atoms with van der Waals surface area (Å²) in [7, 11) is 0. The quantitative estimate of drug-likeness (QED) is 0.415. The molecule has 2 aromatic heterocycles. The van der Waals surface area contributed by atoms with Gasteiger partial charge in [0.1, 0.15) is 23.2 Å². The lowest BCUT2D eigenvalue weighted by atomic mass is 9.91. The average Bonchev–Trinajstić information content (AvgIpc) is 3.51. The fraction of sp³-hybridized carbons (Fsp3) is 0.519. The van der Waals surface area contributed by atoms with Crippen LogP contribution < -0.4 is 4.90 Å². The summed E-state index contributed by atoms with van der Waals surface area (Å²) >= 11 is 5.94. The molecule has 4 heterocycles. The molecule has 1 aromatic carbocycles. The highest BCUT2D eigenvalue weighted by atomic mass is 35.5. The fourth-order valence-corrected chi connectivity index (χ4v) is 6.26. The molecule has 0 aliphatic carbocycles. The number of carboxylic acids is 1. The van der Waals surface area contributed by atoms with Crippen LogP contribution in [0.2, 0.25) is 5.02 Å². The van der Waals surface area contributed by atoms with Crippen molar-refractivity contribution < 1.29 is 14.3 Å². The van der Waals surface area contributed by atoms with E-state index < -0.39 is 17.8 Å². The van der Waals surface area contributed by atoms with E-state index in [0.29, 0.717) is 52.0 Å². The molecule has 3 aromatic rings. The van der Waals surface area contributed by atoms with E-state index in [1.807, 2.05) is 0 Å². The van der Waals surface area contributed by atoms with Crippen LogP contribution in [0, 0.1) is 23.1 Å². The molecular weight excluding hydrogens is 544 g/mol. The molecule has 2 aliphatic rings. The van der Waals surface area contributed by atoms with Crippen molar-refractivity contribution in [2.24, 2.45) is 5.92 Å². The summed E-state index contributed by atoms with van der Waals surface area (Å²) in [5, 5.41) is 23.5. The lowest BCUT2D eigenvalue weighted by molar-refractivity contribution is -0.137. The highest BCUT2D eigenvalue weighted by Crippen LogP contribution is 2.33. The molecule has 4 atom stereocenters. The molecule has 39 heavy (non-hydrogen) atoms. The first-order valence-corrected chi connectivity index (χ1v) is 13.5. The number of hydrogen-bond acceptors (Lipinski definition) is 7. The summed E-state index contributed by atoms with van der Waals surface area (Å²) in [6.07, 6.45) is 5.69. The number of anilines is 1. The van der Waals surface area contributed by atoms with Gasteiger partial charge in [-0.1, -0.05) is 24.6 Å². The molecule has 5 rings (SSSR count). The van der Waals surface area contributed by atoms with E-state index in [-0.39, 0.29) is 24.5 Å². The number of benzene rings is 1. The minimum atomic E-state index is -0.736. The lowest BCUT2D eigenvalue weighted by Crippen LogP contribution is -2.52. The van der Waals surface area contributed by atoms with Crippen molar-refractivity contribution in [1.82, 2.24) is 24.6 Å². The molecule has 0 amide bonds. The topological polar surface area (TPSA) is 111 Å². The normalized spacial score (nSPS) is 22.4. The van der Waals surface area contributed by atoms with Gasteiger partial charge in [0.15, 0.2) is 11.3 Å². The van der Waals surface area contributed by atoms with Gasteiger partial charge in [0.2, 0.25) is 0 Å². The van der Waals surface area contributed by atoms with E-state index in [0.717, 1.165) is 38.9 Å². The summed E-state index contributed by atoms with van der Waals surface area (Å²) in [6.45, 7) is 6.63. The Morgan fingerprint density at radius 1 is 1.33 bits per heavy atom. The molecule has 208 valence electrons. The smallest absolute Gasteiger partial charge is 0.303 e. The maximum absolute atomic E-state index is 14.7. The molecule has 1 N–H and O–H groups in total. The van der Waals surface area contributed by atoms with Crippen molar-refractivity contribution in [2.45, 2.75) is 64.1 Å². The number of aliphatic carboxylic acids is 1. The van der Waals surface area contributed by atoms with Crippen LogP contribution in [0.1, 0.15) is 63.3 Å². The number of nitriles is 1. The summed E-state index contributed by atoms with van der Waals surface area (Å²) in [4.78, 5) is 25.2. The summed E-state index contributed by atoms with van der Waals surface area (Å²) < 4.78 is 16.3. The molecule has 12 heteroatoms. The van der Waals surface area contributed by atoms with Gasteiger partial charge in [-0.2, -0.15) is 10.4 Å². The Morgan fingerprint density at radius 2 is 2.13 bits per heavy atom. The molecule has 9 nitrogen and oxygen atoms in total. The number of carbonyl (C=O) groups is 1. The van der Waals surface area contributed by atoms with Gasteiger partial charge in [0.05, 0.1) is 12.2 Å². The fourth-order valence-electron chi connectivity index (χ4n) is 6.10. The van der Waals surface area contributed by atoms with Gasteiger partial charge in [-0.25, -0.2) is 19.0 Å². The first-order valence-electron chi connectivity index (χ1n) is 13.1. The van der Waals surface area contributed by atoms with E-state index in [2.05, 4.69) is 32.9 Å². The van der Waals surface area contributed by atoms with E-state index >= 15 is 0 Å². The van der Waals surface area contributed by atoms with Gasteiger partial charge in [-0.05, 0) is 57.2 Å². The number of nitrogens with zero attached hydrogens (tertiary/aromatic N) is 7. The lowest BCUT2D eigenvalue weighted by Gasteiger charge is -2.43. The van der Waals surface area contributed by atoms with Crippen LogP contribution in [0.4, 0.5) is 10.2 Å². The van der Waals surface area contributed by atoms with Crippen molar-refractivity contribution in [1.29, 1.82) is 5.26 Å². The Kier molecular flexibility index (Phi) is 8.94. The molecular formula is C27H32Cl2FN7O2. The van der Waals surface area contributed by atoms with Gasteiger partial charge < -0.3 is 10.0 Å². The molecule has 0 radical (unpaired) electrons. The van der Waals surface area contributed by atoms with Gasteiger partial charge in [0.25, 0.3) is 0 Å². The first-order chi connectivity index (χ1) is 18.3. The largest absolute Gasteiger partial charge is 0.481 e. The summed E-state index contributed by atoms with van der Waals surface area (Å²) in [5.74, 6) is -0.134. The maximum atomic E-state index is 14.7. The Labute approximate surface area is 238 Å². The zero-order valence-electron chi connectivity index (χ0n) is 21.9. The maximum Gasteiger partial charge on any atom is 0.303 e. The SMILES string of the molecule is CC(c1ccc(Cl)cc1F)n1nc(C#N)c2ncc(N3CC[C@H](N4CCC[C@H]4CCC(=O)O)[C@H](C)C3)nc21.Cl. The van der Waals surface area contributed by atoms with E-state index in [1.165, 1.54) is 6.07 Å². The van der Waals surface area contributed by atoms with Crippen molar-refractivity contribution in [3.05, 3.63) is 46.5 Å².